The number of rotatable bonds is 8. The summed E-state index contributed by atoms with van der Waals surface area (Å²) in [7, 11) is 2.14. The van der Waals surface area contributed by atoms with Crippen molar-refractivity contribution in [3.8, 4) is 11.3 Å². The molecule has 3 rings (SSSR count). The van der Waals surface area contributed by atoms with Crippen molar-refractivity contribution in [2.45, 2.75) is 12.5 Å². The highest BCUT2D eigenvalue weighted by atomic mass is 32.2. The molecule has 7 nitrogen and oxygen atoms in total. The molecule has 1 fully saturated rings. The Morgan fingerprint density at radius 3 is 3.03 bits per heavy atom. The molecule has 1 aliphatic heterocycles. The molecule has 1 unspecified atom stereocenters. The molecular formula is C19H25F2N7S. The van der Waals surface area contributed by atoms with Crippen LogP contribution in [-0.4, -0.2) is 77.5 Å². The van der Waals surface area contributed by atoms with Gasteiger partial charge in [-0.3, -0.25) is 15.0 Å². The van der Waals surface area contributed by atoms with Crippen LogP contribution in [0.3, 0.4) is 0 Å². The molecule has 3 N–H and O–H groups in total. The first-order valence-corrected chi connectivity index (χ1v) is 10.5. The van der Waals surface area contributed by atoms with Crippen LogP contribution in [0.25, 0.3) is 17.3 Å². The molecule has 0 amide bonds. The van der Waals surface area contributed by atoms with Crippen molar-refractivity contribution >= 4 is 29.6 Å². The first-order valence-electron chi connectivity index (χ1n) is 9.25. The smallest absolute Gasteiger partial charge is 0.279 e. The van der Waals surface area contributed by atoms with Crippen LogP contribution < -0.4 is 9.62 Å². The van der Waals surface area contributed by atoms with Gasteiger partial charge in [-0.1, -0.05) is 11.9 Å². The van der Waals surface area contributed by atoms with Crippen LogP contribution in [0, 0.1) is 5.41 Å². The number of aromatic amines is 1. The molecule has 0 radical (unpaired) electrons. The van der Waals surface area contributed by atoms with Crippen molar-refractivity contribution in [1.29, 1.82) is 5.41 Å². The SMILES string of the molecule is CSNCC1CN(c2cc(-c3cnc(/C=C\C(=N)C(F)F)[nH]3)ccn2)CCN1C. The minimum atomic E-state index is -2.79. The lowest BCUT2D eigenvalue weighted by molar-refractivity contribution is 0.220. The van der Waals surface area contributed by atoms with Gasteiger partial charge >= 0.3 is 0 Å². The molecule has 2 aromatic rings. The van der Waals surface area contributed by atoms with E-state index in [1.54, 1.807) is 24.3 Å². The number of aromatic nitrogens is 3. The van der Waals surface area contributed by atoms with Crippen LogP contribution in [0.15, 0.2) is 30.6 Å². The highest BCUT2D eigenvalue weighted by molar-refractivity contribution is 7.96. The van der Waals surface area contributed by atoms with Gasteiger partial charge in [-0.05, 0) is 37.6 Å². The molecule has 1 saturated heterocycles. The molecule has 0 bridgehead atoms. The summed E-state index contributed by atoms with van der Waals surface area (Å²) in [4.78, 5) is 16.4. The van der Waals surface area contributed by atoms with E-state index in [9.17, 15) is 8.78 Å². The largest absolute Gasteiger partial charge is 0.354 e. The monoisotopic (exact) mass is 421 g/mol. The second-order valence-electron chi connectivity index (χ2n) is 6.81. The molecule has 10 heteroatoms. The Kier molecular flexibility index (Phi) is 7.34. The fourth-order valence-corrected chi connectivity index (χ4v) is 3.48. The van der Waals surface area contributed by atoms with E-state index in [1.165, 1.54) is 6.08 Å². The van der Waals surface area contributed by atoms with Gasteiger partial charge in [-0.2, -0.15) is 0 Å². The molecule has 0 saturated carbocycles. The zero-order chi connectivity index (χ0) is 20.8. The topological polar surface area (TPSA) is 83.9 Å². The number of halogens is 2. The van der Waals surface area contributed by atoms with E-state index in [0.29, 0.717) is 11.9 Å². The number of allylic oxidation sites excluding steroid dienone is 1. The molecule has 29 heavy (non-hydrogen) atoms. The summed E-state index contributed by atoms with van der Waals surface area (Å²) in [5, 5.41) is 7.18. The number of hydrogen-bond donors (Lipinski definition) is 3. The second-order valence-corrected chi connectivity index (χ2v) is 7.50. The molecule has 1 aliphatic rings. The fraction of sp³-hybridized carbons (Fsp3) is 0.421. The van der Waals surface area contributed by atoms with Gasteiger partial charge in [0.2, 0.25) is 0 Å². The Labute approximate surface area is 173 Å². The van der Waals surface area contributed by atoms with Crippen LogP contribution in [0.1, 0.15) is 5.82 Å². The Morgan fingerprint density at radius 2 is 2.28 bits per heavy atom. The van der Waals surface area contributed by atoms with Gasteiger partial charge in [0.15, 0.2) is 0 Å². The lowest BCUT2D eigenvalue weighted by Gasteiger charge is -2.40. The molecule has 0 spiro atoms. The average molecular weight is 422 g/mol. The normalized spacial score (nSPS) is 18.1. The van der Waals surface area contributed by atoms with Crippen molar-refractivity contribution in [3.63, 3.8) is 0 Å². The fourth-order valence-electron chi connectivity index (χ4n) is 3.12. The summed E-state index contributed by atoms with van der Waals surface area (Å²) in [6.07, 6.45) is 5.08. The Morgan fingerprint density at radius 1 is 1.45 bits per heavy atom. The van der Waals surface area contributed by atoms with Gasteiger partial charge in [-0.15, -0.1) is 0 Å². The summed E-state index contributed by atoms with van der Waals surface area (Å²) in [5.41, 5.74) is 0.949. The summed E-state index contributed by atoms with van der Waals surface area (Å²) in [6.45, 7) is 3.64. The van der Waals surface area contributed by atoms with Crippen molar-refractivity contribution in [2.24, 2.45) is 0 Å². The Balaban J connectivity index is 1.72. The van der Waals surface area contributed by atoms with Gasteiger partial charge in [0, 0.05) is 44.0 Å². The maximum Gasteiger partial charge on any atom is 0.279 e. The summed E-state index contributed by atoms with van der Waals surface area (Å²) in [6, 6.07) is 4.29. The zero-order valence-corrected chi connectivity index (χ0v) is 17.2. The van der Waals surface area contributed by atoms with Crippen LogP contribution in [0.2, 0.25) is 0 Å². The van der Waals surface area contributed by atoms with Crippen LogP contribution >= 0.6 is 11.9 Å². The minimum Gasteiger partial charge on any atom is -0.354 e. The third-order valence-corrected chi connectivity index (χ3v) is 5.33. The number of piperazine rings is 1. The van der Waals surface area contributed by atoms with Gasteiger partial charge in [-0.25, -0.2) is 18.7 Å². The number of hydrogen-bond acceptors (Lipinski definition) is 7. The Hall–Kier alpha value is -2.30. The molecule has 1 atom stereocenters. The first kappa shape index (κ1) is 21.4. The number of pyridine rings is 1. The van der Waals surface area contributed by atoms with Gasteiger partial charge in [0.25, 0.3) is 6.43 Å². The van der Waals surface area contributed by atoms with Crippen molar-refractivity contribution < 1.29 is 8.78 Å². The van der Waals surface area contributed by atoms with Crippen molar-refractivity contribution in [1.82, 2.24) is 24.6 Å². The van der Waals surface area contributed by atoms with Crippen LogP contribution in [0.4, 0.5) is 14.6 Å². The highest BCUT2D eigenvalue weighted by Gasteiger charge is 2.25. The maximum absolute atomic E-state index is 12.4. The minimum absolute atomic E-state index is 0.399. The molecule has 0 aliphatic carbocycles. The van der Waals surface area contributed by atoms with E-state index < -0.39 is 12.1 Å². The van der Waals surface area contributed by atoms with Crippen LogP contribution in [-0.2, 0) is 0 Å². The highest BCUT2D eigenvalue weighted by Crippen LogP contribution is 2.23. The predicted octanol–water partition coefficient (Wildman–Crippen LogP) is 2.76. The Bertz CT molecular complexity index is 855. The molecule has 2 aromatic heterocycles. The summed E-state index contributed by atoms with van der Waals surface area (Å²) < 4.78 is 28.2. The number of alkyl halides is 2. The molecule has 156 valence electrons. The maximum atomic E-state index is 12.4. The van der Waals surface area contributed by atoms with Crippen LogP contribution in [0.5, 0.6) is 0 Å². The number of nitrogens with one attached hydrogen (secondary N) is 3. The lowest BCUT2D eigenvalue weighted by atomic mass is 10.1. The molecule has 3 heterocycles. The standard InChI is InChI=1S/C19H25F2N7S/c1-27-7-8-28(12-14(27)10-25-29-2)18-9-13(5-6-23-18)16-11-24-17(26-16)4-3-15(22)19(20)21/h3-6,9,11,14,19,22,25H,7-8,10,12H2,1-2H3,(H,24,26)/b4-3-,22-15?. The van der Waals surface area contributed by atoms with Gasteiger partial charge in [0.1, 0.15) is 11.6 Å². The second kappa shape index (κ2) is 9.95. The first-order chi connectivity index (χ1) is 14.0. The number of likely N-dealkylation sites (N-methyl/N-ethyl adjacent to an activating group) is 1. The van der Waals surface area contributed by atoms with E-state index in [0.717, 1.165) is 49.3 Å². The summed E-state index contributed by atoms with van der Waals surface area (Å²) >= 11 is 1.62. The lowest BCUT2D eigenvalue weighted by Crippen LogP contribution is -2.54. The zero-order valence-electron chi connectivity index (χ0n) is 16.4. The predicted molar refractivity (Wildman–Crippen MR) is 115 cm³/mol. The van der Waals surface area contributed by atoms with Crippen molar-refractivity contribution in [2.75, 3.05) is 44.4 Å². The van der Waals surface area contributed by atoms with E-state index in [1.807, 2.05) is 18.4 Å². The third-order valence-electron chi connectivity index (χ3n) is 4.87. The average Bonchev–Trinajstić information content (AvgIpc) is 3.20. The van der Waals surface area contributed by atoms with E-state index in [-0.39, 0.29) is 0 Å². The number of nitrogens with zero attached hydrogens (tertiary/aromatic N) is 4. The van der Waals surface area contributed by atoms with Gasteiger partial charge in [0.05, 0.1) is 17.6 Å². The van der Waals surface area contributed by atoms with Gasteiger partial charge < -0.3 is 9.88 Å². The van der Waals surface area contributed by atoms with E-state index in [2.05, 4.69) is 36.5 Å². The van der Waals surface area contributed by atoms with Crippen molar-refractivity contribution in [3.05, 3.63) is 36.4 Å². The molecule has 0 aromatic carbocycles. The number of imidazole rings is 1. The number of H-pyrrole nitrogens is 1. The van der Waals surface area contributed by atoms with E-state index in [4.69, 9.17) is 5.41 Å². The third kappa shape index (κ3) is 5.62. The quantitative estimate of drug-likeness (QED) is 0.449. The number of anilines is 1. The summed E-state index contributed by atoms with van der Waals surface area (Å²) in [5.74, 6) is 1.32. The molecular weight excluding hydrogens is 396 g/mol. The van der Waals surface area contributed by atoms with E-state index >= 15 is 0 Å².